The second-order valence-corrected chi connectivity index (χ2v) is 14.6. The fourth-order valence-corrected chi connectivity index (χ4v) is 7.51. The highest BCUT2D eigenvalue weighted by Gasteiger charge is 2.44. The second-order valence-electron chi connectivity index (χ2n) is 14.6. The fourth-order valence-electron chi connectivity index (χ4n) is 7.51. The van der Waals surface area contributed by atoms with Gasteiger partial charge in [-0.25, -0.2) is 4.98 Å². The molecule has 0 unspecified atom stereocenters. The molecule has 1 saturated carbocycles. The first-order valence-electron chi connectivity index (χ1n) is 19.7. The van der Waals surface area contributed by atoms with E-state index in [0.717, 1.165) is 18.4 Å². The Labute approximate surface area is 322 Å². The molecule has 2 fully saturated rings. The van der Waals surface area contributed by atoms with Gasteiger partial charge in [0.15, 0.2) is 12.2 Å². The van der Waals surface area contributed by atoms with Crippen molar-refractivity contribution < 1.29 is 33.1 Å². The van der Waals surface area contributed by atoms with Crippen molar-refractivity contribution in [1.82, 2.24) is 20.5 Å². The Morgan fingerprint density at radius 1 is 0.855 bits per heavy atom. The zero-order chi connectivity index (χ0) is 38.4. The van der Waals surface area contributed by atoms with E-state index in [1.807, 2.05) is 54.6 Å². The van der Waals surface area contributed by atoms with Crippen molar-refractivity contribution in [1.29, 1.82) is 0 Å². The molecular weight excluding hydrogens is 699 g/mol. The quantitative estimate of drug-likeness (QED) is 0.0842. The van der Waals surface area contributed by atoms with Gasteiger partial charge in [0.25, 0.3) is 11.8 Å². The number of benzene rings is 3. The first-order valence-corrected chi connectivity index (χ1v) is 19.7. The van der Waals surface area contributed by atoms with Crippen LogP contribution in [0.4, 0.5) is 0 Å². The minimum Gasteiger partial charge on any atom is -0.484 e. The van der Waals surface area contributed by atoms with Gasteiger partial charge in [-0.1, -0.05) is 79.9 Å². The number of ether oxygens (including phenoxy) is 2. The summed E-state index contributed by atoms with van der Waals surface area (Å²) < 4.78 is 17.9. The Hall–Kier alpha value is -5.07. The van der Waals surface area contributed by atoms with Crippen molar-refractivity contribution >= 4 is 34.6 Å². The van der Waals surface area contributed by atoms with E-state index in [2.05, 4.69) is 15.6 Å². The third kappa shape index (κ3) is 11.2. The van der Waals surface area contributed by atoms with Crippen LogP contribution >= 0.6 is 0 Å². The van der Waals surface area contributed by atoms with Gasteiger partial charge >= 0.3 is 0 Å². The average molecular weight is 752 g/mol. The number of nitrogens with zero attached hydrogens (tertiary/aromatic N) is 2. The molecule has 12 nitrogen and oxygen atoms in total. The molecule has 0 spiro atoms. The van der Waals surface area contributed by atoms with Crippen LogP contribution in [0, 0.1) is 5.92 Å². The maximum atomic E-state index is 14.6. The van der Waals surface area contributed by atoms with E-state index in [9.17, 15) is 19.2 Å². The average Bonchev–Trinajstić information content (AvgIpc) is 3.86. The van der Waals surface area contributed by atoms with Crippen LogP contribution in [0.25, 0.3) is 11.1 Å². The minimum absolute atomic E-state index is 0.0892. The summed E-state index contributed by atoms with van der Waals surface area (Å²) >= 11 is 0. The first-order chi connectivity index (χ1) is 26.9. The number of rotatable bonds is 19. The SMILES string of the molecule is NCCCC[C@H](NC(=O)[C@@H]1C[C@@H](OCC2CCCCC2)CN1C(=O)[C@@H](CCc1ccccc1)NC(=O)COc1ccccc1)C(=O)c1nc2ccccc2o1. The van der Waals surface area contributed by atoms with Crippen LogP contribution in [-0.4, -0.2) is 83.9 Å². The van der Waals surface area contributed by atoms with Crippen LogP contribution in [0.1, 0.15) is 80.5 Å². The molecule has 1 aliphatic heterocycles. The number of hydrogen-bond acceptors (Lipinski definition) is 9. The van der Waals surface area contributed by atoms with Crippen LogP contribution in [0.15, 0.2) is 89.3 Å². The summed E-state index contributed by atoms with van der Waals surface area (Å²) in [5, 5.41) is 5.87. The van der Waals surface area contributed by atoms with E-state index in [4.69, 9.17) is 19.6 Å². The number of hydrogen-bond donors (Lipinski definition) is 3. The number of oxazole rings is 1. The number of aromatic nitrogens is 1. The largest absolute Gasteiger partial charge is 0.484 e. The predicted molar refractivity (Wildman–Crippen MR) is 208 cm³/mol. The summed E-state index contributed by atoms with van der Waals surface area (Å²) in [6.07, 6.45) is 8.02. The summed E-state index contributed by atoms with van der Waals surface area (Å²) in [4.78, 5) is 62.0. The highest BCUT2D eigenvalue weighted by molar-refractivity contribution is 6.01. The molecule has 4 atom stereocenters. The predicted octanol–water partition coefficient (Wildman–Crippen LogP) is 5.39. The van der Waals surface area contributed by atoms with E-state index >= 15 is 0 Å². The van der Waals surface area contributed by atoms with Crippen LogP contribution in [0.3, 0.4) is 0 Å². The Morgan fingerprint density at radius 3 is 2.33 bits per heavy atom. The standard InChI is InChI=1S/C43H53N5O7/c44-25-13-12-21-35(40(50)42-47-34-20-10-11-22-38(34)55-42)46-41(51)37-26-33(53-28-31-16-6-2-7-17-31)27-48(37)43(52)36(24-23-30-14-4-1-5-15-30)45-39(49)29-54-32-18-8-3-9-19-32/h1,3-5,8-11,14-15,18-20,22,31,33,35-37H,2,6-7,12-13,16-17,21,23-29,44H2,(H,45,49)(H,46,51)/t33-,35+,36-,37+/m1/s1. The number of amides is 3. The fraction of sp³-hybridized carbons (Fsp3) is 0.465. The number of aryl methyl sites for hydroxylation is 1. The molecule has 1 saturated heterocycles. The maximum absolute atomic E-state index is 14.6. The number of nitrogens with two attached hydrogens (primary N) is 1. The van der Waals surface area contributed by atoms with Crippen molar-refractivity contribution in [3.05, 3.63) is 96.4 Å². The van der Waals surface area contributed by atoms with Crippen LogP contribution in [0.5, 0.6) is 5.75 Å². The van der Waals surface area contributed by atoms with Gasteiger partial charge in [-0.15, -0.1) is 0 Å². The number of para-hydroxylation sites is 3. The summed E-state index contributed by atoms with van der Waals surface area (Å²) in [7, 11) is 0. The molecule has 3 aromatic carbocycles. The normalized spacial score (nSPS) is 18.5. The number of nitrogens with one attached hydrogen (secondary N) is 2. The number of Topliss-reactive ketones (excluding diaryl/α,β-unsaturated/α-hetero) is 1. The molecule has 4 N–H and O–H groups in total. The van der Waals surface area contributed by atoms with E-state index < -0.39 is 47.7 Å². The van der Waals surface area contributed by atoms with E-state index in [1.165, 1.54) is 24.2 Å². The zero-order valence-corrected chi connectivity index (χ0v) is 31.4. The molecule has 3 amide bonds. The molecule has 6 rings (SSSR count). The molecule has 1 aliphatic carbocycles. The van der Waals surface area contributed by atoms with Gasteiger partial charge < -0.3 is 35.2 Å². The number of carbonyl (C=O) groups excluding carboxylic acids is 4. The third-order valence-corrected chi connectivity index (χ3v) is 10.5. The zero-order valence-electron chi connectivity index (χ0n) is 31.4. The molecule has 55 heavy (non-hydrogen) atoms. The van der Waals surface area contributed by atoms with Gasteiger partial charge in [-0.05, 0) is 87.2 Å². The van der Waals surface area contributed by atoms with Crippen molar-refractivity contribution in [2.24, 2.45) is 11.7 Å². The maximum Gasteiger partial charge on any atom is 0.266 e. The van der Waals surface area contributed by atoms with Crippen LogP contribution in [0.2, 0.25) is 0 Å². The Balaban J connectivity index is 1.21. The van der Waals surface area contributed by atoms with Crippen molar-refractivity contribution in [2.45, 2.75) is 94.9 Å². The summed E-state index contributed by atoms with van der Waals surface area (Å²) in [5.41, 5.74) is 7.80. The molecule has 2 heterocycles. The summed E-state index contributed by atoms with van der Waals surface area (Å²) in [6, 6.07) is 23.0. The number of fused-ring (bicyclic) bond motifs is 1. The molecular formula is C43H53N5O7. The molecule has 4 aromatic rings. The van der Waals surface area contributed by atoms with Gasteiger partial charge in [0.1, 0.15) is 23.3 Å². The van der Waals surface area contributed by atoms with Crippen LogP contribution in [-0.2, 0) is 25.5 Å². The monoisotopic (exact) mass is 751 g/mol. The van der Waals surface area contributed by atoms with Crippen LogP contribution < -0.4 is 21.1 Å². The van der Waals surface area contributed by atoms with E-state index in [-0.39, 0.29) is 25.5 Å². The van der Waals surface area contributed by atoms with Gasteiger partial charge in [-0.2, -0.15) is 0 Å². The van der Waals surface area contributed by atoms with Gasteiger partial charge in [0.2, 0.25) is 17.6 Å². The Morgan fingerprint density at radius 2 is 1.58 bits per heavy atom. The number of ketones is 1. The summed E-state index contributed by atoms with van der Waals surface area (Å²) in [5.74, 6) is -0.883. The topological polar surface area (TPSA) is 166 Å². The lowest BCUT2D eigenvalue weighted by atomic mass is 9.90. The van der Waals surface area contributed by atoms with E-state index in [1.54, 1.807) is 30.3 Å². The smallest absolute Gasteiger partial charge is 0.266 e. The molecule has 292 valence electrons. The molecule has 0 radical (unpaired) electrons. The van der Waals surface area contributed by atoms with Gasteiger partial charge in [0.05, 0.1) is 12.1 Å². The Kier molecular flexibility index (Phi) is 14.4. The Bertz CT molecular complexity index is 1810. The number of unbranched alkanes of at least 4 members (excludes halogenated alkanes) is 1. The molecule has 2 aliphatic rings. The van der Waals surface area contributed by atoms with Crippen molar-refractivity contribution in [3.63, 3.8) is 0 Å². The summed E-state index contributed by atoms with van der Waals surface area (Å²) in [6.45, 7) is 0.899. The van der Waals surface area contributed by atoms with Gasteiger partial charge in [-0.3, -0.25) is 19.2 Å². The van der Waals surface area contributed by atoms with Crippen molar-refractivity contribution in [3.8, 4) is 5.75 Å². The highest BCUT2D eigenvalue weighted by Crippen LogP contribution is 2.28. The third-order valence-electron chi connectivity index (χ3n) is 10.5. The molecule has 1 aromatic heterocycles. The lowest BCUT2D eigenvalue weighted by molar-refractivity contribution is -0.142. The first kappa shape index (κ1) is 39.6. The van der Waals surface area contributed by atoms with Crippen molar-refractivity contribution in [2.75, 3.05) is 26.3 Å². The lowest BCUT2D eigenvalue weighted by Gasteiger charge is -2.29. The molecule has 12 heteroatoms. The van der Waals surface area contributed by atoms with Gasteiger partial charge in [0, 0.05) is 19.6 Å². The van der Waals surface area contributed by atoms with E-state index in [0.29, 0.717) is 68.0 Å². The highest BCUT2D eigenvalue weighted by atomic mass is 16.5. The minimum atomic E-state index is -0.949. The lowest BCUT2D eigenvalue weighted by Crippen LogP contribution is -2.55. The molecule has 0 bridgehead atoms. The second kappa shape index (κ2) is 20.0. The number of likely N-dealkylation sites (tertiary alicyclic amines) is 1. The number of carbonyl (C=O) groups is 4.